The second-order valence-electron chi connectivity index (χ2n) is 7.57. The molecule has 0 fully saturated rings. The molecule has 0 aliphatic rings. The first-order valence-corrected chi connectivity index (χ1v) is 10.4. The smallest absolute Gasteiger partial charge is 0.274 e. The van der Waals surface area contributed by atoms with Crippen molar-refractivity contribution < 1.29 is 14.3 Å². The third-order valence-electron chi connectivity index (χ3n) is 5.48. The Kier molecular flexibility index (Phi) is 6.35. The Morgan fingerprint density at radius 2 is 1.70 bits per heavy atom. The van der Waals surface area contributed by atoms with Crippen LogP contribution in [0.1, 0.15) is 27.2 Å². The zero-order chi connectivity index (χ0) is 23.4. The molecule has 0 spiro atoms. The van der Waals surface area contributed by atoms with Crippen LogP contribution in [0.25, 0.3) is 16.9 Å². The fraction of sp³-hybridized carbons (Fsp3) is 0.200. The summed E-state index contributed by atoms with van der Waals surface area (Å²) >= 11 is 0. The maximum atomic E-state index is 13.2. The van der Waals surface area contributed by atoms with Gasteiger partial charge in [0.05, 0.1) is 19.9 Å². The van der Waals surface area contributed by atoms with Crippen LogP contribution in [0, 0.1) is 13.8 Å². The van der Waals surface area contributed by atoms with E-state index in [4.69, 9.17) is 9.47 Å². The minimum Gasteiger partial charge on any atom is -0.493 e. The molecule has 0 aliphatic carbocycles. The molecule has 0 unspecified atom stereocenters. The number of rotatable bonds is 7. The summed E-state index contributed by atoms with van der Waals surface area (Å²) in [4.78, 5) is 17.2. The zero-order valence-corrected chi connectivity index (χ0v) is 19.0. The van der Waals surface area contributed by atoms with Crippen molar-refractivity contribution in [3.05, 3.63) is 83.3 Å². The lowest BCUT2D eigenvalue weighted by molar-refractivity contribution is 0.0946. The number of ether oxygens (including phenoxy) is 2. The fourth-order valence-corrected chi connectivity index (χ4v) is 3.50. The average molecular weight is 444 g/mol. The molecule has 0 radical (unpaired) electrons. The van der Waals surface area contributed by atoms with E-state index >= 15 is 0 Å². The summed E-state index contributed by atoms with van der Waals surface area (Å²) in [5.41, 5.74) is 5.64. The number of hydrogen-bond donors (Lipinski definition) is 1. The molecule has 2 aromatic heterocycles. The largest absolute Gasteiger partial charge is 0.493 e. The molecule has 0 saturated carbocycles. The highest BCUT2D eigenvalue weighted by atomic mass is 16.5. The molecular weight excluding hydrogens is 418 g/mol. The number of carbonyl (C=O) groups excluding carboxylic acids is 1. The van der Waals surface area contributed by atoms with Gasteiger partial charge in [-0.2, -0.15) is 0 Å². The van der Waals surface area contributed by atoms with Gasteiger partial charge in [0.1, 0.15) is 5.69 Å². The van der Waals surface area contributed by atoms with E-state index in [1.54, 1.807) is 37.4 Å². The first-order valence-electron chi connectivity index (χ1n) is 10.4. The zero-order valence-electron chi connectivity index (χ0n) is 19.0. The highest BCUT2D eigenvalue weighted by molar-refractivity contribution is 5.98. The lowest BCUT2D eigenvalue weighted by atomic mass is 10.1. The number of nitrogens with zero attached hydrogens (tertiary/aromatic N) is 4. The monoisotopic (exact) mass is 443 g/mol. The number of benzene rings is 2. The van der Waals surface area contributed by atoms with Crippen LogP contribution in [-0.2, 0) is 6.54 Å². The van der Waals surface area contributed by atoms with Crippen molar-refractivity contribution in [1.82, 2.24) is 25.3 Å². The maximum absolute atomic E-state index is 13.2. The first kappa shape index (κ1) is 22.0. The van der Waals surface area contributed by atoms with Gasteiger partial charge in [-0.3, -0.25) is 9.78 Å². The van der Waals surface area contributed by atoms with Gasteiger partial charge in [0, 0.05) is 24.5 Å². The molecule has 2 aromatic carbocycles. The van der Waals surface area contributed by atoms with Crippen molar-refractivity contribution in [3.63, 3.8) is 0 Å². The molecule has 8 nitrogen and oxygen atoms in total. The van der Waals surface area contributed by atoms with Crippen molar-refractivity contribution in [2.24, 2.45) is 0 Å². The molecule has 4 rings (SSSR count). The third-order valence-corrected chi connectivity index (χ3v) is 5.48. The molecule has 2 heterocycles. The van der Waals surface area contributed by atoms with Crippen molar-refractivity contribution >= 4 is 5.91 Å². The topological polar surface area (TPSA) is 91.2 Å². The van der Waals surface area contributed by atoms with Crippen LogP contribution in [0.15, 0.2) is 60.9 Å². The number of aryl methyl sites for hydroxylation is 2. The van der Waals surface area contributed by atoms with Crippen molar-refractivity contribution in [2.75, 3.05) is 14.2 Å². The molecule has 8 heteroatoms. The quantitative estimate of drug-likeness (QED) is 0.466. The number of methoxy groups -OCH3 is 2. The number of aromatic nitrogens is 4. The SMILES string of the molecule is COc1ccc(CNC(=O)c2nnn(-c3ccc(C)c(C)c3)c2-c2ccncc2)cc1OC. The van der Waals surface area contributed by atoms with Crippen molar-refractivity contribution in [3.8, 4) is 28.4 Å². The maximum Gasteiger partial charge on any atom is 0.274 e. The summed E-state index contributed by atoms with van der Waals surface area (Å²) in [6, 6.07) is 15.2. The second kappa shape index (κ2) is 9.52. The van der Waals surface area contributed by atoms with Crippen LogP contribution < -0.4 is 14.8 Å². The van der Waals surface area contributed by atoms with Gasteiger partial charge in [-0.15, -0.1) is 5.10 Å². The van der Waals surface area contributed by atoms with Crippen molar-refractivity contribution in [2.45, 2.75) is 20.4 Å². The Balaban J connectivity index is 1.67. The summed E-state index contributed by atoms with van der Waals surface area (Å²) in [5, 5.41) is 11.5. The molecule has 0 bridgehead atoms. The molecule has 33 heavy (non-hydrogen) atoms. The summed E-state index contributed by atoms with van der Waals surface area (Å²) in [6.07, 6.45) is 3.36. The number of nitrogens with one attached hydrogen (secondary N) is 1. The van der Waals surface area contributed by atoms with E-state index in [0.717, 1.165) is 22.4 Å². The average Bonchev–Trinajstić information content (AvgIpc) is 3.30. The third kappa shape index (κ3) is 4.55. The van der Waals surface area contributed by atoms with Gasteiger partial charge in [-0.05, 0) is 66.9 Å². The molecule has 4 aromatic rings. The van der Waals surface area contributed by atoms with Gasteiger partial charge in [-0.25, -0.2) is 4.68 Å². The predicted molar refractivity (Wildman–Crippen MR) is 125 cm³/mol. The van der Waals surface area contributed by atoms with E-state index in [2.05, 4.69) is 27.5 Å². The second-order valence-corrected chi connectivity index (χ2v) is 7.57. The standard InChI is InChI=1S/C25H25N5O3/c1-16-5-7-20(13-17(16)2)30-24(19-9-11-26-12-10-19)23(28-29-30)25(31)27-15-18-6-8-21(32-3)22(14-18)33-4/h5-14H,15H2,1-4H3,(H,27,31). The van der Waals surface area contributed by atoms with Crippen LogP contribution in [0.2, 0.25) is 0 Å². The number of hydrogen-bond acceptors (Lipinski definition) is 6. The van der Waals surface area contributed by atoms with E-state index in [9.17, 15) is 4.79 Å². The Bertz CT molecular complexity index is 1280. The summed E-state index contributed by atoms with van der Waals surface area (Å²) in [6.45, 7) is 4.39. The lowest BCUT2D eigenvalue weighted by Gasteiger charge is -2.11. The number of carbonyl (C=O) groups is 1. The van der Waals surface area contributed by atoms with Crippen LogP contribution in [0.5, 0.6) is 11.5 Å². The van der Waals surface area contributed by atoms with E-state index in [0.29, 0.717) is 23.7 Å². The van der Waals surface area contributed by atoms with Gasteiger partial charge in [0.25, 0.3) is 5.91 Å². The highest BCUT2D eigenvalue weighted by Crippen LogP contribution is 2.28. The first-order chi connectivity index (χ1) is 16.0. The minimum absolute atomic E-state index is 0.236. The normalized spacial score (nSPS) is 10.7. The Labute approximate surface area is 192 Å². The molecule has 0 saturated heterocycles. The number of pyridine rings is 1. The Morgan fingerprint density at radius 3 is 2.39 bits per heavy atom. The lowest BCUT2D eigenvalue weighted by Crippen LogP contribution is -2.24. The van der Waals surface area contributed by atoms with Gasteiger partial charge in [-0.1, -0.05) is 17.3 Å². The van der Waals surface area contributed by atoms with Gasteiger partial charge < -0.3 is 14.8 Å². The van der Waals surface area contributed by atoms with E-state index in [1.807, 2.05) is 49.4 Å². The molecule has 0 aliphatic heterocycles. The van der Waals surface area contributed by atoms with Gasteiger partial charge in [0.2, 0.25) is 0 Å². The summed E-state index contributed by atoms with van der Waals surface area (Å²) in [5.74, 6) is 0.901. The molecular formula is C25H25N5O3. The van der Waals surface area contributed by atoms with E-state index < -0.39 is 0 Å². The van der Waals surface area contributed by atoms with Crippen LogP contribution >= 0.6 is 0 Å². The Hall–Kier alpha value is -4.20. The minimum atomic E-state index is -0.327. The van der Waals surface area contributed by atoms with Crippen molar-refractivity contribution in [1.29, 1.82) is 0 Å². The van der Waals surface area contributed by atoms with Crippen LogP contribution in [-0.4, -0.2) is 40.1 Å². The van der Waals surface area contributed by atoms with Gasteiger partial charge >= 0.3 is 0 Å². The molecule has 0 atom stereocenters. The van der Waals surface area contributed by atoms with Crippen LogP contribution in [0.3, 0.4) is 0 Å². The van der Waals surface area contributed by atoms with Crippen LogP contribution in [0.4, 0.5) is 0 Å². The van der Waals surface area contributed by atoms with Gasteiger partial charge in [0.15, 0.2) is 17.2 Å². The predicted octanol–water partition coefficient (Wildman–Crippen LogP) is 3.89. The number of amides is 1. The Morgan fingerprint density at radius 1 is 0.939 bits per heavy atom. The summed E-state index contributed by atoms with van der Waals surface area (Å²) in [7, 11) is 3.16. The fourth-order valence-electron chi connectivity index (χ4n) is 3.50. The molecule has 1 N–H and O–H groups in total. The summed E-state index contributed by atoms with van der Waals surface area (Å²) < 4.78 is 12.3. The highest BCUT2D eigenvalue weighted by Gasteiger charge is 2.22. The molecule has 1 amide bonds. The van der Waals surface area contributed by atoms with E-state index in [-0.39, 0.29) is 11.6 Å². The van der Waals surface area contributed by atoms with E-state index in [1.165, 1.54) is 5.56 Å². The molecule has 168 valence electrons.